The van der Waals surface area contributed by atoms with Crippen LogP contribution in [0.1, 0.15) is 84.2 Å². The predicted molar refractivity (Wildman–Crippen MR) is 133 cm³/mol. The van der Waals surface area contributed by atoms with Crippen molar-refractivity contribution in [3.8, 4) is 0 Å². The summed E-state index contributed by atoms with van der Waals surface area (Å²) in [4.78, 5) is 24.8. The van der Waals surface area contributed by atoms with Gasteiger partial charge in [-0.05, 0) is 49.7 Å². The van der Waals surface area contributed by atoms with E-state index in [0.29, 0.717) is 12.8 Å². The van der Waals surface area contributed by atoms with Crippen LogP contribution in [0, 0.1) is 0 Å². The SMILES string of the molecule is CCCCc1ccc(C(=O)C(Br)CCC(Br)C(=O)c2ccc(CCCC)cc2)cc1. The predicted octanol–water partition coefficient (Wildman–Crippen LogP) is 7.74. The molecule has 0 aromatic heterocycles. The molecule has 0 aliphatic carbocycles. The minimum atomic E-state index is -0.289. The van der Waals surface area contributed by atoms with Crippen LogP contribution in [0.2, 0.25) is 0 Å². The molecule has 2 aromatic rings. The van der Waals surface area contributed by atoms with E-state index < -0.39 is 0 Å². The fraction of sp³-hybridized carbons (Fsp3) is 0.462. The number of halogens is 2. The first-order valence-corrected chi connectivity index (χ1v) is 12.8. The fourth-order valence-electron chi connectivity index (χ4n) is 3.35. The summed E-state index contributed by atoms with van der Waals surface area (Å²) in [6.45, 7) is 4.36. The first-order chi connectivity index (χ1) is 14.5. The minimum absolute atomic E-state index is 0.0736. The number of Topliss-reactive ketones (excluding diaryl/α,β-unsaturated/α-hetero) is 2. The standard InChI is InChI=1S/C26H32Br2O2/c1-3-5-7-19-9-13-21(14-10-19)25(29)23(27)17-18-24(28)26(30)22-15-11-20(12-16-22)8-6-4-2/h9-16,23-24H,3-8,17-18H2,1-2H3. The van der Waals surface area contributed by atoms with Crippen molar-refractivity contribution in [2.45, 2.75) is 74.9 Å². The summed E-state index contributed by atoms with van der Waals surface area (Å²) in [6.07, 6.45) is 7.97. The van der Waals surface area contributed by atoms with E-state index in [2.05, 4.69) is 45.7 Å². The Hall–Kier alpha value is -1.26. The topological polar surface area (TPSA) is 34.1 Å². The van der Waals surface area contributed by atoms with Crippen molar-refractivity contribution in [2.24, 2.45) is 0 Å². The maximum absolute atomic E-state index is 12.7. The Bertz CT molecular complexity index is 727. The molecule has 2 nitrogen and oxygen atoms in total. The lowest BCUT2D eigenvalue weighted by molar-refractivity contribution is 0.0965. The van der Waals surface area contributed by atoms with Crippen LogP contribution in [0.5, 0.6) is 0 Å². The molecular formula is C26H32Br2O2. The second-order valence-corrected chi connectivity index (χ2v) is 10.1. The van der Waals surface area contributed by atoms with Gasteiger partial charge in [-0.1, -0.05) is 107 Å². The van der Waals surface area contributed by atoms with Gasteiger partial charge in [0.2, 0.25) is 0 Å². The molecule has 0 N–H and O–H groups in total. The molecule has 2 atom stereocenters. The highest BCUT2D eigenvalue weighted by Gasteiger charge is 2.22. The van der Waals surface area contributed by atoms with Crippen LogP contribution in [-0.4, -0.2) is 21.2 Å². The Morgan fingerprint density at radius 1 is 0.667 bits per heavy atom. The summed E-state index contributed by atoms with van der Waals surface area (Å²) in [6, 6.07) is 15.8. The van der Waals surface area contributed by atoms with Crippen molar-refractivity contribution < 1.29 is 9.59 Å². The third kappa shape index (κ3) is 7.77. The van der Waals surface area contributed by atoms with Gasteiger partial charge in [-0.2, -0.15) is 0 Å². The molecule has 0 bridgehead atoms. The number of aryl methyl sites for hydroxylation is 2. The molecular weight excluding hydrogens is 504 g/mol. The van der Waals surface area contributed by atoms with E-state index in [4.69, 9.17) is 0 Å². The van der Waals surface area contributed by atoms with Crippen molar-refractivity contribution in [2.75, 3.05) is 0 Å². The summed E-state index contributed by atoms with van der Waals surface area (Å²) in [7, 11) is 0. The largest absolute Gasteiger partial charge is 0.293 e. The molecule has 4 heteroatoms. The van der Waals surface area contributed by atoms with Crippen molar-refractivity contribution >= 4 is 43.4 Å². The average Bonchev–Trinajstić information content (AvgIpc) is 2.79. The zero-order valence-electron chi connectivity index (χ0n) is 18.0. The van der Waals surface area contributed by atoms with E-state index >= 15 is 0 Å². The number of hydrogen-bond donors (Lipinski definition) is 0. The van der Waals surface area contributed by atoms with Gasteiger partial charge in [0.25, 0.3) is 0 Å². The van der Waals surface area contributed by atoms with Crippen molar-refractivity contribution in [3.63, 3.8) is 0 Å². The van der Waals surface area contributed by atoms with Gasteiger partial charge >= 0.3 is 0 Å². The molecule has 0 aliphatic heterocycles. The maximum atomic E-state index is 12.7. The second kappa shape index (κ2) is 13.2. The van der Waals surface area contributed by atoms with E-state index in [-0.39, 0.29) is 21.2 Å². The van der Waals surface area contributed by atoms with Gasteiger partial charge in [0.05, 0.1) is 9.65 Å². The van der Waals surface area contributed by atoms with Crippen molar-refractivity contribution in [1.82, 2.24) is 0 Å². The highest BCUT2D eigenvalue weighted by molar-refractivity contribution is 9.10. The lowest BCUT2D eigenvalue weighted by Gasteiger charge is -2.13. The Kier molecular flexibility index (Phi) is 11.0. The molecule has 0 amide bonds. The van der Waals surface area contributed by atoms with Crippen LogP contribution in [0.3, 0.4) is 0 Å². The zero-order chi connectivity index (χ0) is 21.9. The van der Waals surface area contributed by atoms with Crippen LogP contribution in [0.4, 0.5) is 0 Å². The molecule has 0 saturated heterocycles. The number of rotatable bonds is 13. The third-order valence-electron chi connectivity index (χ3n) is 5.36. The number of alkyl halides is 2. The number of unbranched alkanes of at least 4 members (excludes halogenated alkanes) is 2. The van der Waals surface area contributed by atoms with Crippen LogP contribution in [0.25, 0.3) is 0 Å². The average molecular weight is 536 g/mol. The Morgan fingerprint density at radius 3 is 1.30 bits per heavy atom. The van der Waals surface area contributed by atoms with Crippen LogP contribution < -0.4 is 0 Å². The number of benzene rings is 2. The normalized spacial score (nSPS) is 13.1. The highest BCUT2D eigenvalue weighted by atomic mass is 79.9. The summed E-state index contributed by atoms with van der Waals surface area (Å²) in [5.74, 6) is 0.147. The van der Waals surface area contributed by atoms with Crippen LogP contribution in [-0.2, 0) is 12.8 Å². The van der Waals surface area contributed by atoms with Crippen LogP contribution in [0.15, 0.2) is 48.5 Å². The van der Waals surface area contributed by atoms with E-state index in [9.17, 15) is 9.59 Å². The van der Waals surface area contributed by atoms with Gasteiger partial charge in [0, 0.05) is 11.1 Å². The Labute approximate surface area is 198 Å². The van der Waals surface area contributed by atoms with Gasteiger partial charge in [-0.3, -0.25) is 9.59 Å². The maximum Gasteiger partial charge on any atom is 0.176 e. The second-order valence-electron chi connectivity index (χ2n) is 7.84. The molecule has 0 fully saturated rings. The molecule has 0 radical (unpaired) electrons. The quantitative estimate of drug-likeness (QED) is 0.194. The lowest BCUT2D eigenvalue weighted by atomic mass is 9.99. The van der Waals surface area contributed by atoms with Gasteiger partial charge < -0.3 is 0 Å². The number of carbonyl (C=O) groups is 2. The monoisotopic (exact) mass is 534 g/mol. The molecule has 30 heavy (non-hydrogen) atoms. The van der Waals surface area contributed by atoms with Gasteiger partial charge in [-0.15, -0.1) is 0 Å². The number of carbonyl (C=O) groups excluding carboxylic acids is 2. The summed E-state index contributed by atoms with van der Waals surface area (Å²) in [5, 5.41) is 0. The summed E-state index contributed by atoms with van der Waals surface area (Å²) in [5.41, 5.74) is 3.98. The molecule has 2 rings (SSSR count). The third-order valence-corrected chi connectivity index (χ3v) is 7.10. The van der Waals surface area contributed by atoms with Crippen LogP contribution >= 0.6 is 31.9 Å². The summed E-state index contributed by atoms with van der Waals surface area (Å²) >= 11 is 7.05. The molecule has 2 aromatic carbocycles. The molecule has 162 valence electrons. The van der Waals surface area contributed by atoms with E-state index in [1.807, 2.05) is 48.5 Å². The lowest BCUT2D eigenvalue weighted by Crippen LogP contribution is -2.19. The van der Waals surface area contributed by atoms with E-state index in [0.717, 1.165) is 36.8 Å². The smallest absolute Gasteiger partial charge is 0.176 e. The van der Waals surface area contributed by atoms with Crippen molar-refractivity contribution in [1.29, 1.82) is 0 Å². The highest BCUT2D eigenvalue weighted by Crippen LogP contribution is 2.22. The molecule has 0 heterocycles. The first-order valence-electron chi connectivity index (χ1n) is 11.0. The molecule has 0 spiro atoms. The molecule has 0 aliphatic rings. The van der Waals surface area contributed by atoms with E-state index in [1.165, 1.54) is 24.0 Å². The molecule has 0 saturated carbocycles. The minimum Gasteiger partial charge on any atom is -0.293 e. The zero-order valence-corrected chi connectivity index (χ0v) is 21.2. The van der Waals surface area contributed by atoms with Gasteiger partial charge in [0.15, 0.2) is 11.6 Å². The number of ketones is 2. The summed E-state index contributed by atoms with van der Waals surface area (Å²) < 4.78 is 0. The fourth-order valence-corrected chi connectivity index (χ4v) is 4.41. The Morgan fingerprint density at radius 2 is 1.00 bits per heavy atom. The first kappa shape index (κ1) is 25.0. The van der Waals surface area contributed by atoms with Crippen molar-refractivity contribution in [3.05, 3.63) is 70.8 Å². The van der Waals surface area contributed by atoms with E-state index in [1.54, 1.807) is 0 Å². The Balaban J connectivity index is 1.85. The molecule has 2 unspecified atom stereocenters. The van der Waals surface area contributed by atoms with Gasteiger partial charge in [-0.25, -0.2) is 0 Å². The number of hydrogen-bond acceptors (Lipinski definition) is 2. The van der Waals surface area contributed by atoms with Gasteiger partial charge in [0.1, 0.15) is 0 Å².